The van der Waals surface area contributed by atoms with Crippen LogP contribution in [-0.2, 0) is 11.4 Å². The molecule has 28 heavy (non-hydrogen) atoms. The summed E-state index contributed by atoms with van der Waals surface area (Å²) in [6.07, 6.45) is 1.51. The average molecular weight is 389 g/mol. The normalized spacial score (nSPS) is 10.8. The van der Waals surface area contributed by atoms with E-state index >= 15 is 0 Å². The summed E-state index contributed by atoms with van der Waals surface area (Å²) >= 11 is 5.93. The number of rotatable bonds is 6. The molecular weight excluding hydrogens is 372 g/mol. The molecule has 0 unspecified atom stereocenters. The minimum Gasteiger partial charge on any atom is -0.488 e. The summed E-state index contributed by atoms with van der Waals surface area (Å²) in [5.41, 5.74) is 2.17. The highest BCUT2D eigenvalue weighted by Crippen LogP contribution is 2.23. The number of nitrogens with one attached hydrogen (secondary N) is 1. The number of carbonyl (C=O) groups excluding carboxylic acids is 1. The molecule has 1 amide bonds. The Morgan fingerprint density at radius 2 is 1.79 bits per heavy atom. The Hall–Kier alpha value is -3.55. The van der Waals surface area contributed by atoms with Crippen molar-refractivity contribution in [3.8, 4) is 11.8 Å². The standard InChI is InChI=1S/C23H17ClN2O2/c24-20-10-6-11-21(14-20)26-23(27)19(15-25)13-18-9-4-5-12-22(18)28-16-17-7-2-1-3-8-17/h1-14H,16H2,(H,26,27)/b19-13+. The van der Waals surface area contributed by atoms with Crippen molar-refractivity contribution >= 4 is 29.3 Å². The molecule has 0 bridgehead atoms. The summed E-state index contributed by atoms with van der Waals surface area (Å²) in [5.74, 6) is 0.0808. The molecule has 0 heterocycles. The summed E-state index contributed by atoms with van der Waals surface area (Å²) in [6, 6.07) is 25.7. The molecule has 0 atom stereocenters. The van der Waals surface area contributed by atoms with Crippen LogP contribution in [-0.4, -0.2) is 5.91 Å². The Kier molecular flexibility index (Phi) is 6.46. The van der Waals surface area contributed by atoms with Gasteiger partial charge < -0.3 is 10.1 Å². The van der Waals surface area contributed by atoms with Crippen LogP contribution in [0.4, 0.5) is 5.69 Å². The lowest BCUT2D eigenvalue weighted by Gasteiger charge is -2.10. The van der Waals surface area contributed by atoms with Crippen LogP contribution in [0.25, 0.3) is 6.08 Å². The number of hydrogen-bond donors (Lipinski definition) is 1. The van der Waals surface area contributed by atoms with Gasteiger partial charge in [0.2, 0.25) is 0 Å². The fourth-order valence-corrected chi connectivity index (χ4v) is 2.73. The van der Waals surface area contributed by atoms with Crippen LogP contribution in [0.3, 0.4) is 0 Å². The molecule has 0 spiro atoms. The quantitative estimate of drug-likeness (QED) is 0.450. The zero-order valence-electron chi connectivity index (χ0n) is 14.9. The minimum atomic E-state index is -0.511. The lowest BCUT2D eigenvalue weighted by atomic mass is 10.1. The number of nitrogens with zero attached hydrogens (tertiary/aromatic N) is 1. The number of anilines is 1. The van der Waals surface area contributed by atoms with Gasteiger partial charge in [0.15, 0.2) is 0 Å². The lowest BCUT2D eigenvalue weighted by molar-refractivity contribution is -0.112. The van der Waals surface area contributed by atoms with E-state index in [2.05, 4.69) is 5.32 Å². The van der Waals surface area contributed by atoms with Crippen molar-refractivity contribution < 1.29 is 9.53 Å². The van der Waals surface area contributed by atoms with Gasteiger partial charge in [0.05, 0.1) is 0 Å². The Morgan fingerprint density at radius 3 is 2.54 bits per heavy atom. The fraction of sp³-hybridized carbons (Fsp3) is 0.0435. The topological polar surface area (TPSA) is 62.1 Å². The molecule has 3 aromatic carbocycles. The maximum atomic E-state index is 12.5. The number of amides is 1. The van der Waals surface area contributed by atoms with Crippen molar-refractivity contribution in [1.82, 2.24) is 0 Å². The van der Waals surface area contributed by atoms with E-state index in [1.165, 1.54) is 6.08 Å². The zero-order chi connectivity index (χ0) is 19.8. The van der Waals surface area contributed by atoms with Gasteiger partial charge in [-0.2, -0.15) is 5.26 Å². The summed E-state index contributed by atoms with van der Waals surface area (Å²) < 4.78 is 5.88. The number of nitriles is 1. The highest BCUT2D eigenvalue weighted by molar-refractivity contribution is 6.31. The smallest absolute Gasteiger partial charge is 0.266 e. The van der Waals surface area contributed by atoms with E-state index in [0.29, 0.717) is 28.6 Å². The third-order valence-electron chi connectivity index (χ3n) is 3.90. The number of ether oxygens (including phenoxy) is 1. The van der Waals surface area contributed by atoms with Crippen LogP contribution in [0.1, 0.15) is 11.1 Å². The first kappa shape index (κ1) is 19.2. The molecular formula is C23H17ClN2O2. The minimum absolute atomic E-state index is 0.0317. The van der Waals surface area contributed by atoms with Gasteiger partial charge in [0, 0.05) is 16.3 Å². The van der Waals surface area contributed by atoms with Crippen molar-refractivity contribution in [3.63, 3.8) is 0 Å². The van der Waals surface area contributed by atoms with Crippen molar-refractivity contribution in [2.45, 2.75) is 6.61 Å². The van der Waals surface area contributed by atoms with Crippen LogP contribution in [0.15, 0.2) is 84.4 Å². The highest BCUT2D eigenvalue weighted by atomic mass is 35.5. The maximum absolute atomic E-state index is 12.5. The van der Waals surface area contributed by atoms with E-state index in [1.54, 1.807) is 36.4 Å². The number of carbonyl (C=O) groups is 1. The Morgan fingerprint density at radius 1 is 1.04 bits per heavy atom. The molecule has 0 aliphatic heterocycles. The second-order valence-corrected chi connectivity index (χ2v) is 6.38. The first-order chi connectivity index (χ1) is 13.7. The summed E-state index contributed by atoms with van der Waals surface area (Å²) in [4.78, 5) is 12.5. The van der Waals surface area contributed by atoms with Crippen molar-refractivity contribution in [3.05, 3.63) is 101 Å². The summed E-state index contributed by atoms with van der Waals surface area (Å²) in [7, 11) is 0. The highest BCUT2D eigenvalue weighted by Gasteiger charge is 2.11. The number of halogens is 1. The van der Waals surface area contributed by atoms with E-state index in [4.69, 9.17) is 16.3 Å². The average Bonchev–Trinajstić information content (AvgIpc) is 2.72. The molecule has 0 aliphatic rings. The zero-order valence-corrected chi connectivity index (χ0v) is 15.7. The predicted molar refractivity (Wildman–Crippen MR) is 111 cm³/mol. The molecule has 3 rings (SSSR count). The van der Waals surface area contributed by atoms with Crippen LogP contribution in [0, 0.1) is 11.3 Å². The van der Waals surface area contributed by atoms with Crippen molar-refractivity contribution in [1.29, 1.82) is 5.26 Å². The predicted octanol–water partition coefficient (Wildman–Crippen LogP) is 5.46. The monoisotopic (exact) mass is 388 g/mol. The van der Waals surface area contributed by atoms with Gasteiger partial charge in [-0.15, -0.1) is 0 Å². The third kappa shape index (κ3) is 5.23. The van der Waals surface area contributed by atoms with Crippen LogP contribution in [0.2, 0.25) is 5.02 Å². The van der Waals surface area contributed by atoms with Gasteiger partial charge in [0.25, 0.3) is 5.91 Å². The molecule has 1 N–H and O–H groups in total. The summed E-state index contributed by atoms with van der Waals surface area (Å²) in [5, 5.41) is 12.6. The first-order valence-corrected chi connectivity index (χ1v) is 8.98. The van der Waals surface area contributed by atoms with Gasteiger partial charge >= 0.3 is 0 Å². The third-order valence-corrected chi connectivity index (χ3v) is 4.14. The maximum Gasteiger partial charge on any atom is 0.266 e. The molecule has 0 saturated heterocycles. The second-order valence-electron chi connectivity index (χ2n) is 5.95. The molecule has 0 aromatic heterocycles. The molecule has 0 aliphatic carbocycles. The second kappa shape index (κ2) is 9.40. The molecule has 4 nitrogen and oxygen atoms in total. The number of para-hydroxylation sites is 1. The number of benzene rings is 3. The van der Waals surface area contributed by atoms with Crippen LogP contribution >= 0.6 is 11.6 Å². The van der Waals surface area contributed by atoms with Crippen LogP contribution in [0.5, 0.6) is 5.75 Å². The molecule has 0 fully saturated rings. The van der Waals surface area contributed by atoms with Gasteiger partial charge in [-0.25, -0.2) is 0 Å². The van der Waals surface area contributed by atoms with Crippen molar-refractivity contribution in [2.24, 2.45) is 0 Å². The van der Waals surface area contributed by atoms with E-state index in [1.807, 2.05) is 48.5 Å². The van der Waals surface area contributed by atoms with E-state index < -0.39 is 5.91 Å². The van der Waals surface area contributed by atoms with Crippen LogP contribution < -0.4 is 10.1 Å². The fourth-order valence-electron chi connectivity index (χ4n) is 2.54. The largest absolute Gasteiger partial charge is 0.488 e. The lowest BCUT2D eigenvalue weighted by Crippen LogP contribution is -2.13. The first-order valence-electron chi connectivity index (χ1n) is 8.60. The van der Waals surface area contributed by atoms with E-state index in [-0.39, 0.29) is 5.57 Å². The summed E-state index contributed by atoms with van der Waals surface area (Å²) in [6.45, 7) is 0.391. The van der Waals surface area contributed by atoms with Gasteiger partial charge in [-0.1, -0.05) is 66.2 Å². The Labute approximate surface area is 168 Å². The van der Waals surface area contributed by atoms with E-state index in [9.17, 15) is 10.1 Å². The van der Waals surface area contributed by atoms with E-state index in [0.717, 1.165) is 5.56 Å². The molecule has 3 aromatic rings. The SMILES string of the molecule is N#C/C(=C\c1ccccc1OCc1ccccc1)C(=O)Nc1cccc(Cl)c1. The Bertz CT molecular complexity index is 1040. The molecule has 0 radical (unpaired) electrons. The van der Waals surface area contributed by atoms with Crippen molar-refractivity contribution in [2.75, 3.05) is 5.32 Å². The molecule has 0 saturated carbocycles. The van der Waals surface area contributed by atoms with Gasteiger partial charge in [-0.3, -0.25) is 4.79 Å². The van der Waals surface area contributed by atoms with Gasteiger partial charge in [-0.05, 0) is 35.9 Å². The van der Waals surface area contributed by atoms with Gasteiger partial charge in [0.1, 0.15) is 24.0 Å². The number of hydrogen-bond acceptors (Lipinski definition) is 3. The molecule has 138 valence electrons. The molecule has 5 heteroatoms. The Balaban J connectivity index is 1.78.